The number of rotatable bonds is 4. The molecule has 29 heavy (non-hydrogen) atoms. The number of piperazine rings is 1. The molecule has 0 N–H and O–H groups in total. The molecule has 0 atom stereocenters. The van der Waals surface area contributed by atoms with Crippen LogP contribution in [0.2, 0.25) is 5.02 Å². The van der Waals surface area contributed by atoms with Gasteiger partial charge in [0.25, 0.3) is 0 Å². The molecule has 1 aromatic carbocycles. The Balaban J connectivity index is 1.56. The number of anilines is 1. The molecule has 1 fully saturated rings. The van der Waals surface area contributed by atoms with Gasteiger partial charge in [-0.15, -0.1) is 0 Å². The summed E-state index contributed by atoms with van der Waals surface area (Å²) < 4.78 is 33.1. The molecule has 0 unspecified atom stereocenters. The van der Waals surface area contributed by atoms with E-state index in [2.05, 4.69) is 9.88 Å². The number of halogens is 1. The Morgan fingerprint density at radius 1 is 1.07 bits per heavy atom. The summed E-state index contributed by atoms with van der Waals surface area (Å²) in [4.78, 5) is 11.6. The normalized spacial score (nSPS) is 17.8. The van der Waals surface area contributed by atoms with Crippen LogP contribution in [-0.4, -0.2) is 56.0 Å². The van der Waals surface area contributed by atoms with Gasteiger partial charge in [-0.25, -0.2) is 18.4 Å². The summed E-state index contributed by atoms with van der Waals surface area (Å²) in [5, 5.41) is 0.367. The van der Waals surface area contributed by atoms with Gasteiger partial charge in [0.15, 0.2) is 0 Å². The van der Waals surface area contributed by atoms with Crippen molar-refractivity contribution in [2.24, 2.45) is 0 Å². The van der Waals surface area contributed by atoms with Crippen LogP contribution in [0.4, 0.5) is 5.82 Å². The van der Waals surface area contributed by atoms with Crippen LogP contribution < -0.4 is 9.64 Å². The summed E-state index contributed by atoms with van der Waals surface area (Å²) in [6.07, 6.45) is 4.30. The van der Waals surface area contributed by atoms with E-state index in [-0.39, 0.29) is 4.90 Å². The van der Waals surface area contributed by atoms with Crippen LogP contribution in [-0.2, 0) is 22.9 Å². The van der Waals surface area contributed by atoms with Gasteiger partial charge in [-0.1, -0.05) is 11.6 Å². The minimum absolute atomic E-state index is 0.108. The molecule has 1 aliphatic carbocycles. The van der Waals surface area contributed by atoms with Gasteiger partial charge in [0, 0.05) is 42.5 Å². The average molecular weight is 437 g/mol. The van der Waals surface area contributed by atoms with Gasteiger partial charge in [-0.05, 0) is 50.8 Å². The lowest BCUT2D eigenvalue weighted by molar-refractivity contribution is 0.373. The number of aryl methyl sites for hydroxylation is 2. The van der Waals surface area contributed by atoms with E-state index in [1.54, 1.807) is 12.1 Å². The third-order valence-electron chi connectivity index (χ3n) is 5.55. The zero-order valence-electron chi connectivity index (χ0n) is 16.7. The van der Waals surface area contributed by atoms with Crippen molar-refractivity contribution < 1.29 is 13.2 Å². The highest BCUT2D eigenvalue weighted by Gasteiger charge is 2.32. The Morgan fingerprint density at radius 2 is 1.79 bits per heavy atom. The van der Waals surface area contributed by atoms with Gasteiger partial charge < -0.3 is 9.64 Å². The second kappa shape index (κ2) is 8.08. The van der Waals surface area contributed by atoms with Crippen molar-refractivity contribution in [1.29, 1.82) is 0 Å². The highest BCUT2D eigenvalue weighted by molar-refractivity contribution is 7.89. The number of methoxy groups -OCH3 is 1. The average Bonchev–Trinajstić information content (AvgIpc) is 2.73. The van der Waals surface area contributed by atoms with Crippen LogP contribution in [0.3, 0.4) is 0 Å². The SMILES string of the molecule is COc1ccc(Cl)cc1S(=O)(=O)N1CCN(c2nc(C)nc3c2CCCC3)CC1. The molecular weight excluding hydrogens is 412 g/mol. The predicted octanol–water partition coefficient (Wildman–Crippen LogP) is 2.84. The second-order valence-electron chi connectivity index (χ2n) is 7.41. The molecule has 2 heterocycles. The first-order valence-electron chi connectivity index (χ1n) is 9.85. The molecule has 4 rings (SSSR count). The molecular formula is C20H25ClN4O3S. The Hall–Kier alpha value is -1.90. The molecule has 0 saturated carbocycles. The minimum Gasteiger partial charge on any atom is -0.495 e. The van der Waals surface area contributed by atoms with Crippen molar-refractivity contribution in [3.63, 3.8) is 0 Å². The summed E-state index contributed by atoms with van der Waals surface area (Å²) in [5.74, 6) is 2.06. The summed E-state index contributed by atoms with van der Waals surface area (Å²) in [7, 11) is -2.23. The number of nitrogens with zero attached hydrogens (tertiary/aromatic N) is 4. The quantitative estimate of drug-likeness (QED) is 0.733. The maximum absolute atomic E-state index is 13.2. The predicted molar refractivity (Wildman–Crippen MR) is 112 cm³/mol. The minimum atomic E-state index is -3.69. The second-order valence-corrected chi connectivity index (χ2v) is 9.76. The third-order valence-corrected chi connectivity index (χ3v) is 7.71. The number of hydrogen-bond donors (Lipinski definition) is 0. The van der Waals surface area contributed by atoms with E-state index in [1.165, 1.54) is 23.0 Å². The molecule has 2 aromatic rings. The summed E-state index contributed by atoms with van der Waals surface area (Å²) >= 11 is 6.04. The molecule has 2 aliphatic rings. The summed E-state index contributed by atoms with van der Waals surface area (Å²) in [5.41, 5.74) is 2.38. The van der Waals surface area contributed by atoms with Crippen LogP contribution in [0.5, 0.6) is 5.75 Å². The van der Waals surface area contributed by atoms with E-state index in [9.17, 15) is 8.42 Å². The highest BCUT2D eigenvalue weighted by atomic mass is 35.5. The van der Waals surface area contributed by atoms with Crippen LogP contribution >= 0.6 is 11.6 Å². The molecule has 0 amide bonds. The fraction of sp³-hybridized carbons (Fsp3) is 0.500. The molecule has 156 valence electrons. The number of hydrogen-bond acceptors (Lipinski definition) is 6. The van der Waals surface area contributed by atoms with Gasteiger partial charge >= 0.3 is 0 Å². The van der Waals surface area contributed by atoms with Gasteiger partial charge in [-0.2, -0.15) is 4.31 Å². The molecule has 7 nitrogen and oxygen atoms in total. The molecule has 0 bridgehead atoms. The zero-order valence-corrected chi connectivity index (χ0v) is 18.3. The Labute approximate surface area is 176 Å². The van der Waals surface area contributed by atoms with Gasteiger partial charge in [0.05, 0.1) is 7.11 Å². The Bertz CT molecular complexity index is 1020. The number of aromatic nitrogens is 2. The van der Waals surface area contributed by atoms with Crippen molar-refractivity contribution in [1.82, 2.24) is 14.3 Å². The van der Waals surface area contributed by atoms with Crippen LogP contribution in [0.25, 0.3) is 0 Å². The number of benzene rings is 1. The van der Waals surface area contributed by atoms with Gasteiger partial charge in [0.1, 0.15) is 22.3 Å². The lowest BCUT2D eigenvalue weighted by Gasteiger charge is -2.36. The molecule has 1 aromatic heterocycles. The summed E-state index contributed by atoms with van der Waals surface area (Å²) in [6, 6.07) is 4.66. The number of sulfonamides is 1. The zero-order chi connectivity index (χ0) is 20.6. The standard InChI is InChI=1S/C20H25ClN4O3S/c1-14-22-17-6-4-3-5-16(17)20(23-14)24-9-11-25(12-10-24)29(26,27)19-13-15(21)7-8-18(19)28-2/h7-8,13H,3-6,9-12H2,1-2H3. The first kappa shape index (κ1) is 20.4. The smallest absolute Gasteiger partial charge is 0.246 e. The Morgan fingerprint density at radius 3 is 2.52 bits per heavy atom. The topological polar surface area (TPSA) is 75.6 Å². The van der Waals surface area contributed by atoms with E-state index in [4.69, 9.17) is 21.3 Å². The lowest BCUT2D eigenvalue weighted by atomic mass is 9.96. The summed E-state index contributed by atoms with van der Waals surface area (Å²) in [6.45, 7) is 3.87. The van der Waals surface area contributed by atoms with Crippen LogP contribution in [0.1, 0.15) is 29.9 Å². The monoisotopic (exact) mass is 436 g/mol. The van der Waals surface area contributed by atoms with Crippen molar-refractivity contribution in [2.45, 2.75) is 37.5 Å². The fourth-order valence-electron chi connectivity index (χ4n) is 4.09. The maximum atomic E-state index is 13.2. The van der Waals surface area contributed by atoms with Crippen LogP contribution in [0, 0.1) is 6.92 Å². The first-order chi connectivity index (χ1) is 13.9. The maximum Gasteiger partial charge on any atom is 0.246 e. The molecule has 0 spiro atoms. The van der Waals surface area contributed by atoms with Crippen molar-refractivity contribution in [3.8, 4) is 5.75 Å². The number of fused-ring (bicyclic) bond motifs is 1. The first-order valence-corrected chi connectivity index (χ1v) is 11.7. The van der Waals surface area contributed by atoms with E-state index in [1.807, 2.05) is 6.92 Å². The van der Waals surface area contributed by atoms with Crippen molar-refractivity contribution >= 4 is 27.4 Å². The highest BCUT2D eigenvalue weighted by Crippen LogP contribution is 2.32. The largest absolute Gasteiger partial charge is 0.495 e. The van der Waals surface area contributed by atoms with Gasteiger partial charge in [-0.3, -0.25) is 0 Å². The van der Waals surface area contributed by atoms with Crippen LogP contribution in [0.15, 0.2) is 23.1 Å². The van der Waals surface area contributed by atoms with E-state index in [0.717, 1.165) is 43.0 Å². The van der Waals surface area contributed by atoms with Crippen molar-refractivity contribution in [2.75, 3.05) is 38.2 Å². The molecule has 9 heteroatoms. The number of ether oxygens (including phenoxy) is 1. The van der Waals surface area contributed by atoms with E-state index >= 15 is 0 Å². The lowest BCUT2D eigenvalue weighted by Crippen LogP contribution is -2.49. The molecule has 1 saturated heterocycles. The third kappa shape index (κ3) is 3.93. The van der Waals surface area contributed by atoms with Crippen molar-refractivity contribution in [3.05, 3.63) is 40.3 Å². The van der Waals surface area contributed by atoms with Gasteiger partial charge in [0.2, 0.25) is 10.0 Å². The Kier molecular flexibility index (Phi) is 5.68. The molecule has 0 radical (unpaired) electrons. The van der Waals surface area contributed by atoms with E-state index in [0.29, 0.717) is 37.0 Å². The van der Waals surface area contributed by atoms with E-state index < -0.39 is 10.0 Å². The fourth-order valence-corrected chi connectivity index (χ4v) is 5.93. The molecule has 1 aliphatic heterocycles.